The highest BCUT2D eigenvalue weighted by Gasteiger charge is 2.56. The van der Waals surface area contributed by atoms with Gasteiger partial charge in [-0.3, -0.25) is 14.4 Å². The lowest BCUT2D eigenvalue weighted by Crippen LogP contribution is -2.55. The molecule has 15 nitrogen and oxygen atoms in total. The van der Waals surface area contributed by atoms with E-state index in [0.29, 0.717) is 11.6 Å². The number of hydrogen-bond donors (Lipinski definition) is 2. The molecule has 0 unspecified atom stereocenters. The van der Waals surface area contributed by atoms with Crippen molar-refractivity contribution >= 4 is 34.9 Å². The molecule has 2 aliphatic heterocycles. The minimum Gasteiger partial charge on any atom is -0.504 e. The van der Waals surface area contributed by atoms with Crippen LogP contribution in [0.4, 0.5) is 23.2 Å². The minimum atomic E-state index is -4.67. The number of halogens is 5. The third-order valence-electron chi connectivity index (χ3n) is 9.19. The summed E-state index contributed by atoms with van der Waals surface area (Å²) in [6.07, 6.45) is -5.33. The fourth-order valence-corrected chi connectivity index (χ4v) is 6.88. The Balaban J connectivity index is 1.31. The summed E-state index contributed by atoms with van der Waals surface area (Å²) in [6.45, 7) is 1.79. The fourth-order valence-electron chi connectivity index (χ4n) is 6.65. The summed E-state index contributed by atoms with van der Waals surface area (Å²) >= 11 is 6.10. The molecule has 1 fully saturated rings. The highest BCUT2D eigenvalue weighted by atomic mass is 35.5. The number of pyridine rings is 1. The molecule has 2 N–H and O–H groups in total. The Kier molecular flexibility index (Phi) is 8.80. The van der Waals surface area contributed by atoms with Gasteiger partial charge < -0.3 is 29.4 Å². The number of amides is 2. The first kappa shape index (κ1) is 35.7. The Morgan fingerprint density at radius 1 is 1.19 bits per heavy atom. The zero-order valence-corrected chi connectivity index (χ0v) is 28.7. The van der Waals surface area contributed by atoms with Gasteiger partial charge in [0.2, 0.25) is 17.6 Å². The number of fused-ring (bicyclic) bond motifs is 3. The summed E-state index contributed by atoms with van der Waals surface area (Å²) in [5.41, 5.74) is -3.63. The van der Waals surface area contributed by atoms with Gasteiger partial charge in [-0.2, -0.15) is 22.7 Å². The topological polar surface area (TPSA) is 179 Å². The van der Waals surface area contributed by atoms with Crippen LogP contribution in [0.3, 0.4) is 0 Å². The Labute approximate surface area is 301 Å². The van der Waals surface area contributed by atoms with Crippen LogP contribution in [0.25, 0.3) is 17.2 Å². The zero-order valence-electron chi connectivity index (χ0n) is 28.0. The van der Waals surface area contributed by atoms with Crippen molar-refractivity contribution in [1.29, 1.82) is 0 Å². The summed E-state index contributed by atoms with van der Waals surface area (Å²) in [5.74, 6) is -1.85. The van der Waals surface area contributed by atoms with E-state index in [9.17, 15) is 32.7 Å². The standard InChI is InChI=1S/C33H28ClF4N9O6/c1-15-27(49)25(41-14-40-15)30(51)45-9-7-32(21(35)12-45)24-26(16(2)53-32)46(13-22(48)42-20-5-4-18(11-19(20)34)33(36,37)38)31-43-28(44-47(31)29(24)50)17-6-8-39-23(10-17)52-3/h4-6,8,10-11,14,16,21,49H,7,9,12-13H2,1-3H3,(H,42,48)/t16-,21+,32+/m1/s1. The van der Waals surface area contributed by atoms with E-state index in [1.54, 1.807) is 13.0 Å². The molecular formula is C33H28ClF4N9O6. The number of nitrogens with one attached hydrogen (secondary N) is 1. The summed E-state index contributed by atoms with van der Waals surface area (Å²) in [5, 5.41) is 16.9. The van der Waals surface area contributed by atoms with Crippen LogP contribution in [-0.4, -0.2) is 82.3 Å². The number of anilines is 1. The second kappa shape index (κ2) is 13.1. The minimum absolute atomic E-state index is 0.0335. The molecule has 276 valence electrons. The van der Waals surface area contributed by atoms with Crippen molar-refractivity contribution < 1.29 is 41.7 Å². The maximum Gasteiger partial charge on any atom is 0.416 e. The number of methoxy groups -OCH3 is 1. The second-order valence-corrected chi connectivity index (χ2v) is 12.8. The molecule has 5 aromatic rings. The zero-order chi connectivity index (χ0) is 38.0. The molecule has 7 rings (SSSR count). The van der Waals surface area contributed by atoms with Crippen molar-refractivity contribution in [1.82, 2.24) is 39.0 Å². The van der Waals surface area contributed by atoms with Crippen molar-refractivity contribution in [3.05, 3.63) is 86.4 Å². The Bertz CT molecular complexity index is 2370. The van der Waals surface area contributed by atoms with E-state index in [0.717, 1.165) is 27.9 Å². The van der Waals surface area contributed by atoms with Crippen LogP contribution in [0.5, 0.6) is 11.6 Å². The largest absolute Gasteiger partial charge is 0.504 e. The average Bonchev–Trinajstić information content (AvgIpc) is 3.70. The van der Waals surface area contributed by atoms with Gasteiger partial charge in [0.05, 0.1) is 53.0 Å². The molecule has 2 amide bonds. The second-order valence-electron chi connectivity index (χ2n) is 12.4. The van der Waals surface area contributed by atoms with E-state index >= 15 is 4.39 Å². The highest BCUT2D eigenvalue weighted by molar-refractivity contribution is 6.33. The number of likely N-dealkylation sites (tertiary alicyclic amines) is 1. The number of benzene rings is 1. The van der Waals surface area contributed by atoms with Crippen LogP contribution in [0.15, 0.2) is 47.7 Å². The molecule has 0 saturated carbocycles. The highest BCUT2D eigenvalue weighted by Crippen LogP contribution is 2.49. The number of piperidine rings is 1. The quantitative estimate of drug-likeness (QED) is 0.237. The van der Waals surface area contributed by atoms with E-state index in [4.69, 9.17) is 21.1 Å². The van der Waals surface area contributed by atoms with Crippen molar-refractivity contribution in [2.45, 2.75) is 50.9 Å². The number of rotatable bonds is 6. The fraction of sp³-hybridized carbons (Fsp3) is 0.333. The van der Waals surface area contributed by atoms with Gasteiger partial charge in [-0.15, -0.1) is 5.10 Å². The predicted octanol–water partition coefficient (Wildman–Crippen LogP) is 4.25. The summed E-state index contributed by atoms with van der Waals surface area (Å²) in [4.78, 5) is 58.8. The number of aryl methyl sites for hydroxylation is 1. The van der Waals surface area contributed by atoms with Gasteiger partial charge in [-0.05, 0) is 38.1 Å². The molecule has 1 spiro atoms. The van der Waals surface area contributed by atoms with Gasteiger partial charge in [-0.25, -0.2) is 19.3 Å². The molecule has 0 radical (unpaired) electrons. The van der Waals surface area contributed by atoms with E-state index in [-0.39, 0.29) is 63.8 Å². The summed E-state index contributed by atoms with van der Waals surface area (Å²) < 4.78 is 70.1. The van der Waals surface area contributed by atoms with Crippen molar-refractivity contribution in [2.24, 2.45) is 0 Å². The first-order valence-electron chi connectivity index (χ1n) is 16.0. The third kappa shape index (κ3) is 6.08. The van der Waals surface area contributed by atoms with Crippen LogP contribution in [0.2, 0.25) is 5.02 Å². The number of carbonyl (C=O) groups excluding carboxylic acids is 2. The van der Waals surface area contributed by atoms with Gasteiger partial charge in [0.1, 0.15) is 18.5 Å². The average molecular weight is 758 g/mol. The lowest BCUT2D eigenvalue weighted by molar-refractivity contribution is -0.143. The number of carbonyl (C=O) groups is 2. The van der Waals surface area contributed by atoms with Gasteiger partial charge in [-0.1, -0.05) is 11.6 Å². The van der Waals surface area contributed by atoms with E-state index in [2.05, 4.69) is 30.4 Å². The number of alkyl halides is 4. The number of hydrogen-bond acceptors (Lipinski definition) is 11. The number of aromatic hydroxyl groups is 1. The Hall–Kier alpha value is -5.69. The lowest BCUT2D eigenvalue weighted by Gasteiger charge is -2.41. The number of nitrogens with zero attached hydrogens (tertiary/aromatic N) is 8. The first-order valence-corrected chi connectivity index (χ1v) is 16.3. The van der Waals surface area contributed by atoms with E-state index in [1.165, 1.54) is 30.9 Å². The van der Waals surface area contributed by atoms with E-state index in [1.807, 2.05) is 0 Å². The smallest absolute Gasteiger partial charge is 0.416 e. The lowest BCUT2D eigenvalue weighted by atomic mass is 9.83. The SMILES string of the molecule is COc1cc(-c2nc3n(CC(=O)Nc4ccc(C(F)(F)F)cc4Cl)c4c(c(=O)n3n2)[C@@]2(CCN(C(=O)c3ncnc(C)c3O)C[C@@H]2F)O[C@@H]4C)ccn1. The van der Waals surface area contributed by atoms with Gasteiger partial charge in [0.15, 0.2) is 23.4 Å². The molecule has 1 aromatic carbocycles. The summed E-state index contributed by atoms with van der Waals surface area (Å²) in [6, 6.07) is 5.52. The molecule has 1 saturated heterocycles. The van der Waals surface area contributed by atoms with Crippen molar-refractivity contribution in [3.63, 3.8) is 0 Å². The number of ether oxygens (including phenoxy) is 2. The molecule has 2 aliphatic rings. The maximum absolute atomic E-state index is 16.7. The molecule has 6 heterocycles. The van der Waals surface area contributed by atoms with Crippen molar-refractivity contribution in [2.75, 3.05) is 25.5 Å². The van der Waals surface area contributed by atoms with Crippen LogP contribution in [0, 0.1) is 6.92 Å². The molecule has 3 atom stereocenters. The first-order chi connectivity index (χ1) is 25.1. The predicted molar refractivity (Wildman–Crippen MR) is 177 cm³/mol. The van der Waals surface area contributed by atoms with Crippen LogP contribution in [0.1, 0.15) is 52.5 Å². The third-order valence-corrected chi connectivity index (χ3v) is 9.50. The van der Waals surface area contributed by atoms with Crippen LogP contribution < -0.4 is 15.6 Å². The van der Waals surface area contributed by atoms with Crippen molar-refractivity contribution in [3.8, 4) is 23.0 Å². The molecule has 0 aliphatic carbocycles. The van der Waals surface area contributed by atoms with Crippen LogP contribution in [-0.2, 0) is 27.9 Å². The monoisotopic (exact) mass is 757 g/mol. The van der Waals surface area contributed by atoms with E-state index < -0.39 is 65.8 Å². The molecule has 0 bridgehead atoms. The maximum atomic E-state index is 16.7. The van der Waals surface area contributed by atoms with Gasteiger partial charge in [0, 0.05) is 30.8 Å². The number of aromatic nitrogens is 7. The normalized spacial score (nSPS) is 19.8. The molecular weight excluding hydrogens is 730 g/mol. The van der Waals surface area contributed by atoms with Gasteiger partial charge in [0.25, 0.3) is 11.5 Å². The molecule has 20 heteroatoms. The van der Waals surface area contributed by atoms with Crippen LogP contribution >= 0.6 is 11.6 Å². The summed E-state index contributed by atoms with van der Waals surface area (Å²) in [7, 11) is 1.41. The Morgan fingerprint density at radius 3 is 2.66 bits per heavy atom. The Morgan fingerprint density at radius 2 is 1.96 bits per heavy atom. The van der Waals surface area contributed by atoms with Gasteiger partial charge >= 0.3 is 6.18 Å². The molecule has 53 heavy (non-hydrogen) atoms. The molecule has 4 aromatic heterocycles.